The van der Waals surface area contributed by atoms with Crippen LogP contribution >= 0.6 is 34.3 Å². The molecule has 3 aromatic rings. The molecule has 96 valence electrons. The highest BCUT2D eigenvalue weighted by Gasteiger charge is 2.14. The summed E-state index contributed by atoms with van der Waals surface area (Å²) in [5.41, 5.74) is 1.75. The average Bonchev–Trinajstić information content (AvgIpc) is 3.08. The van der Waals surface area contributed by atoms with E-state index < -0.39 is 0 Å². The molecule has 2 aromatic heterocycles. The van der Waals surface area contributed by atoms with Gasteiger partial charge in [-0.25, -0.2) is 9.37 Å². The number of nitrogens with zero attached hydrogens (tertiary/aromatic N) is 1. The Morgan fingerprint density at radius 2 is 1.95 bits per heavy atom. The van der Waals surface area contributed by atoms with Crippen LogP contribution in [0.4, 0.5) is 4.39 Å². The molecule has 0 aliphatic rings. The zero-order chi connectivity index (χ0) is 13.2. The molecule has 0 bridgehead atoms. The van der Waals surface area contributed by atoms with Gasteiger partial charge in [-0.1, -0.05) is 6.07 Å². The quantitative estimate of drug-likeness (QED) is 0.589. The number of thiophene rings is 1. The first-order chi connectivity index (χ1) is 9.28. The molecule has 0 N–H and O–H groups in total. The van der Waals surface area contributed by atoms with E-state index in [0.29, 0.717) is 5.88 Å². The van der Waals surface area contributed by atoms with Gasteiger partial charge in [0, 0.05) is 10.4 Å². The summed E-state index contributed by atoms with van der Waals surface area (Å²) < 4.78 is 13.0. The lowest BCUT2D eigenvalue weighted by Gasteiger charge is -1.98. The number of alkyl halides is 1. The molecule has 19 heavy (non-hydrogen) atoms. The summed E-state index contributed by atoms with van der Waals surface area (Å²) in [6.07, 6.45) is 0. The molecule has 1 aromatic carbocycles. The Morgan fingerprint density at radius 1 is 1.16 bits per heavy atom. The van der Waals surface area contributed by atoms with Crippen LogP contribution in [0.15, 0.2) is 41.8 Å². The van der Waals surface area contributed by atoms with Crippen molar-refractivity contribution in [3.8, 4) is 21.1 Å². The van der Waals surface area contributed by atoms with E-state index >= 15 is 0 Å². The van der Waals surface area contributed by atoms with Crippen LogP contribution in [0.1, 0.15) is 4.88 Å². The Morgan fingerprint density at radius 3 is 2.58 bits per heavy atom. The molecule has 0 saturated heterocycles. The second kappa shape index (κ2) is 5.41. The highest BCUT2D eigenvalue weighted by Crippen LogP contribution is 2.36. The van der Waals surface area contributed by atoms with Gasteiger partial charge in [-0.15, -0.1) is 34.3 Å². The van der Waals surface area contributed by atoms with Crippen molar-refractivity contribution in [2.45, 2.75) is 5.88 Å². The van der Waals surface area contributed by atoms with Crippen molar-refractivity contribution < 1.29 is 4.39 Å². The molecular formula is C14H9ClFNS2. The summed E-state index contributed by atoms with van der Waals surface area (Å²) in [6.45, 7) is 0. The van der Waals surface area contributed by atoms with Crippen LogP contribution in [0.5, 0.6) is 0 Å². The monoisotopic (exact) mass is 309 g/mol. The maximum atomic E-state index is 13.0. The van der Waals surface area contributed by atoms with Gasteiger partial charge in [-0.05, 0) is 35.7 Å². The lowest BCUT2D eigenvalue weighted by molar-refractivity contribution is 0.628. The van der Waals surface area contributed by atoms with Crippen molar-refractivity contribution in [2.75, 3.05) is 0 Å². The predicted molar refractivity (Wildman–Crippen MR) is 80.4 cm³/mol. The SMILES string of the molecule is Fc1ccc(-c2nc(-c3cccs3)sc2CCl)cc1. The van der Waals surface area contributed by atoms with E-state index in [1.807, 2.05) is 17.5 Å². The summed E-state index contributed by atoms with van der Waals surface area (Å²) in [4.78, 5) is 6.79. The smallest absolute Gasteiger partial charge is 0.134 e. The van der Waals surface area contributed by atoms with Gasteiger partial charge in [0.1, 0.15) is 10.8 Å². The Bertz CT molecular complexity index is 674. The summed E-state index contributed by atoms with van der Waals surface area (Å²) >= 11 is 9.23. The van der Waals surface area contributed by atoms with Crippen molar-refractivity contribution in [3.63, 3.8) is 0 Å². The van der Waals surface area contributed by atoms with Gasteiger partial charge in [0.2, 0.25) is 0 Å². The van der Waals surface area contributed by atoms with Gasteiger partial charge >= 0.3 is 0 Å². The first-order valence-electron chi connectivity index (χ1n) is 5.63. The molecule has 0 aliphatic heterocycles. The van der Waals surface area contributed by atoms with E-state index in [2.05, 4.69) is 4.98 Å². The zero-order valence-electron chi connectivity index (χ0n) is 9.77. The third kappa shape index (κ3) is 2.56. The minimum atomic E-state index is -0.245. The van der Waals surface area contributed by atoms with Crippen molar-refractivity contribution in [1.29, 1.82) is 0 Å². The number of hydrogen-bond acceptors (Lipinski definition) is 3. The van der Waals surface area contributed by atoms with Crippen molar-refractivity contribution in [3.05, 3.63) is 52.5 Å². The molecule has 2 heterocycles. The standard InChI is InChI=1S/C14H9ClFNS2/c15-8-12-13(9-3-5-10(16)6-4-9)17-14(19-12)11-2-1-7-18-11/h1-7H,8H2. The van der Waals surface area contributed by atoms with E-state index in [1.165, 1.54) is 12.1 Å². The number of benzene rings is 1. The lowest BCUT2D eigenvalue weighted by atomic mass is 10.1. The van der Waals surface area contributed by atoms with Gasteiger partial charge in [-0.3, -0.25) is 0 Å². The van der Waals surface area contributed by atoms with Gasteiger partial charge in [0.15, 0.2) is 0 Å². The maximum Gasteiger partial charge on any atom is 0.134 e. The number of hydrogen-bond donors (Lipinski definition) is 0. The highest BCUT2D eigenvalue weighted by molar-refractivity contribution is 7.21. The highest BCUT2D eigenvalue weighted by atomic mass is 35.5. The fourth-order valence-corrected chi connectivity index (χ4v) is 3.80. The minimum Gasteiger partial charge on any atom is -0.235 e. The molecule has 0 fully saturated rings. The summed E-state index contributed by atoms with van der Waals surface area (Å²) in [7, 11) is 0. The topological polar surface area (TPSA) is 12.9 Å². The Labute approximate surface area is 123 Å². The van der Waals surface area contributed by atoms with Gasteiger partial charge in [0.05, 0.1) is 16.5 Å². The third-order valence-corrected chi connectivity index (χ3v) is 5.19. The molecule has 3 rings (SSSR count). The molecule has 1 nitrogen and oxygen atoms in total. The molecule has 0 saturated carbocycles. The van der Waals surface area contributed by atoms with Gasteiger partial charge < -0.3 is 0 Å². The average molecular weight is 310 g/mol. The second-order valence-electron chi connectivity index (χ2n) is 3.91. The van der Waals surface area contributed by atoms with E-state index in [-0.39, 0.29) is 5.82 Å². The number of rotatable bonds is 3. The molecule has 0 unspecified atom stereocenters. The molecule has 5 heteroatoms. The Kier molecular flexibility index (Phi) is 3.64. The molecule has 0 aliphatic carbocycles. The van der Waals surface area contributed by atoms with Crippen LogP contribution < -0.4 is 0 Å². The minimum absolute atomic E-state index is 0.245. The van der Waals surface area contributed by atoms with Crippen LogP contribution in [-0.4, -0.2) is 4.98 Å². The maximum absolute atomic E-state index is 13.0. The van der Waals surface area contributed by atoms with Crippen LogP contribution in [0, 0.1) is 5.82 Å². The van der Waals surface area contributed by atoms with E-state index in [0.717, 1.165) is 26.0 Å². The van der Waals surface area contributed by atoms with Crippen LogP contribution in [-0.2, 0) is 5.88 Å². The first-order valence-corrected chi connectivity index (χ1v) is 7.86. The normalized spacial score (nSPS) is 10.8. The van der Waals surface area contributed by atoms with E-state index in [4.69, 9.17) is 11.6 Å². The zero-order valence-corrected chi connectivity index (χ0v) is 12.2. The molecular weight excluding hydrogens is 301 g/mol. The second-order valence-corrected chi connectivity index (χ2v) is 6.21. The van der Waals surface area contributed by atoms with Crippen molar-refractivity contribution in [2.24, 2.45) is 0 Å². The first kappa shape index (κ1) is 12.8. The van der Waals surface area contributed by atoms with Crippen molar-refractivity contribution in [1.82, 2.24) is 4.98 Å². The largest absolute Gasteiger partial charge is 0.235 e. The molecule has 0 radical (unpaired) electrons. The summed E-state index contributed by atoms with van der Waals surface area (Å²) in [5.74, 6) is 0.167. The van der Waals surface area contributed by atoms with Gasteiger partial charge in [0.25, 0.3) is 0 Å². The molecule has 0 spiro atoms. The van der Waals surface area contributed by atoms with E-state index in [9.17, 15) is 4.39 Å². The Balaban J connectivity index is 2.08. The number of aromatic nitrogens is 1. The van der Waals surface area contributed by atoms with Crippen molar-refractivity contribution >= 4 is 34.3 Å². The fourth-order valence-electron chi connectivity index (χ4n) is 1.78. The summed E-state index contributed by atoms with van der Waals surface area (Å²) in [6, 6.07) is 10.4. The van der Waals surface area contributed by atoms with Crippen LogP contribution in [0.25, 0.3) is 21.1 Å². The van der Waals surface area contributed by atoms with Crippen LogP contribution in [0.3, 0.4) is 0 Å². The lowest BCUT2D eigenvalue weighted by Crippen LogP contribution is -1.83. The molecule has 0 amide bonds. The van der Waals surface area contributed by atoms with Gasteiger partial charge in [-0.2, -0.15) is 0 Å². The number of halogens is 2. The third-order valence-electron chi connectivity index (χ3n) is 2.67. The fraction of sp³-hybridized carbons (Fsp3) is 0.0714. The number of thiazole rings is 1. The van der Waals surface area contributed by atoms with Crippen LogP contribution in [0.2, 0.25) is 0 Å². The molecule has 0 atom stereocenters. The summed E-state index contributed by atoms with van der Waals surface area (Å²) in [5, 5.41) is 2.99. The predicted octanol–water partition coefficient (Wildman–Crippen LogP) is 5.42. The van der Waals surface area contributed by atoms with E-state index in [1.54, 1.807) is 34.8 Å². The Hall–Kier alpha value is -1.23.